The van der Waals surface area contributed by atoms with E-state index in [0.717, 1.165) is 20.0 Å². The highest BCUT2D eigenvalue weighted by Crippen LogP contribution is 2.34. The third-order valence-corrected chi connectivity index (χ3v) is 6.81. The maximum Gasteiger partial charge on any atom is 0.301 e. The molecule has 0 spiro atoms. The van der Waals surface area contributed by atoms with E-state index < -0.39 is 21.8 Å². The van der Waals surface area contributed by atoms with Gasteiger partial charge in [-0.05, 0) is 52.9 Å². The minimum Gasteiger partial charge on any atom is -0.411 e. The lowest BCUT2D eigenvalue weighted by Crippen LogP contribution is -2.41. The van der Waals surface area contributed by atoms with Gasteiger partial charge in [0.25, 0.3) is 0 Å². The zero-order chi connectivity index (χ0) is 21.2. The van der Waals surface area contributed by atoms with Crippen LogP contribution in [0.1, 0.15) is 12.8 Å². The maximum atomic E-state index is 14.5. The van der Waals surface area contributed by atoms with Crippen molar-refractivity contribution >= 4 is 67.2 Å². The van der Waals surface area contributed by atoms with Gasteiger partial charge in [-0.1, -0.05) is 16.8 Å². The Hall–Kier alpha value is -1.70. The van der Waals surface area contributed by atoms with Crippen molar-refractivity contribution in [3.05, 3.63) is 50.6 Å². The van der Waals surface area contributed by atoms with E-state index in [1.807, 2.05) is 0 Å². The van der Waals surface area contributed by atoms with E-state index in [1.54, 1.807) is 18.2 Å². The number of nitrogens with zero attached hydrogens (tertiary/aromatic N) is 2. The van der Waals surface area contributed by atoms with Crippen molar-refractivity contribution in [2.75, 3.05) is 23.1 Å². The summed E-state index contributed by atoms with van der Waals surface area (Å²) in [6, 6.07) is 6.88. The van der Waals surface area contributed by atoms with Crippen LogP contribution in [0.25, 0.3) is 0 Å². The number of benzene rings is 2. The van der Waals surface area contributed by atoms with Crippen LogP contribution in [-0.4, -0.2) is 36.7 Å². The molecule has 12 heteroatoms. The number of anilines is 3. The lowest BCUT2D eigenvalue weighted by molar-refractivity contribution is 0.310. The first-order valence-corrected chi connectivity index (χ1v) is 11.3. The van der Waals surface area contributed by atoms with E-state index in [-0.39, 0.29) is 42.3 Å². The summed E-state index contributed by atoms with van der Waals surface area (Å²) in [5.41, 5.74) is 0.241. The minimum absolute atomic E-state index is 0.101. The summed E-state index contributed by atoms with van der Waals surface area (Å²) >= 11 is 8.20. The Morgan fingerprint density at radius 1 is 1.14 bits per heavy atom. The van der Waals surface area contributed by atoms with E-state index in [0.29, 0.717) is 11.4 Å². The molecule has 0 unspecified atom stereocenters. The third-order valence-electron chi connectivity index (χ3n) is 4.31. The average Bonchev–Trinajstić information content (AvgIpc) is 2.69. The second-order valence-corrected chi connectivity index (χ2v) is 9.53. The highest BCUT2D eigenvalue weighted by Gasteiger charge is 2.28. The normalized spacial score (nSPS) is 15.2. The second-order valence-electron chi connectivity index (χ2n) is 6.21. The van der Waals surface area contributed by atoms with Crippen LogP contribution < -0.4 is 10.0 Å². The van der Waals surface area contributed by atoms with Gasteiger partial charge in [0.1, 0.15) is 5.69 Å². The lowest BCUT2D eigenvalue weighted by atomic mass is 10.1. The fourth-order valence-electron chi connectivity index (χ4n) is 2.77. The summed E-state index contributed by atoms with van der Waals surface area (Å²) in [5, 5.41) is 14.8. The van der Waals surface area contributed by atoms with Gasteiger partial charge < -0.3 is 10.5 Å². The van der Waals surface area contributed by atoms with Gasteiger partial charge in [-0.3, -0.25) is 4.72 Å². The molecule has 0 aliphatic carbocycles. The molecule has 0 saturated carbocycles. The molecule has 0 amide bonds. The molecular formula is C17H16ClF2IN4O3S. The standard InChI is InChI=1S/C17H16ClF2IN4O3S/c18-12-9-10(21)1-3-14(12)22-17-15(4-2-13(19)16(17)20)24-29(27,28)25-7-5-11(23-26)6-8-25/h1-4,9,22,24,26H,5-8H2. The first-order chi connectivity index (χ1) is 13.7. The highest BCUT2D eigenvalue weighted by molar-refractivity contribution is 14.1. The molecule has 2 aromatic rings. The second kappa shape index (κ2) is 8.98. The fraction of sp³-hybridized carbons (Fsp3) is 0.235. The Labute approximate surface area is 185 Å². The van der Waals surface area contributed by atoms with E-state index in [9.17, 15) is 17.2 Å². The smallest absolute Gasteiger partial charge is 0.301 e. The largest absolute Gasteiger partial charge is 0.411 e. The Morgan fingerprint density at radius 3 is 2.41 bits per heavy atom. The van der Waals surface area contributed by atoms with Gasteiger partial charge in [-0.25, -0.2) is 8.78 Å². The van der Waals surface area contributed by atoms with Crippen LogP contribution >= 0.6 is 34.2 Å². The van der Waals surface area contributed by atoms with Gasteiger partial charge in [0.2, 0.25) is 0 Å². The molecule has 29 heavy (non-hydrogen) atoms. The van der Waals surface area contributed by atoms with E-state index in [4.69, 9.17) is 16.8 Å². The number of hydrogen-bond donors (Lipinski definition) is 3. The Bertz CT molecular complexity index is 1060. The van der Waals surface area contributed by atoms with Crippen LogP contribution in [0.4, 0.5) is 25.8 Å². The molecule has 0 atom stereocenters. The molecule has 3 N–H and O–H groups in total. The van der Waals surface area contributed by atoms with Crippen molar-refractivity contribution < 1.29 is 22.4 Å². The first kappa shape index (κ1) is 22.0. The van der Waals surface area contributed by atoms with Crippen molar-refractivity contribution in [1.82, 2.24) is 4.31 Å². The van der Waals surface area contributed by atoms with Gasteiger partial charge in [-0.15, -0.1) is 0 Å². The topological polar surface area (TPSA) is 94.0 Å². The molecule has 1 aliphatic heterocycles. The number of rotatable bonds is 5. The molecule has 156 valence electrons. The number of hydrogen-bond acceptors (Lipinski definition) is 5. The van der Waals surface area contributed by atoms with Gasteiger partial charge in [-0.2, -0.15) is 12.7 Å². The predicted molar refractivity (Wildman–Crippen MR) is 116 cm³/mol. The molecule has 0 radical (unpaired) electrons. The van der Waals surface area contributed by atoms with Crippen molar-refractivity contribution in [3.63, 3.8) is 0 Å². The van der Waals surface area contributed by atoms with Crippen LogP contribution in [0.3, 0.4) is 0 Å². The summed E-state index contributed by atoms with van der Waals surface area (Å²) in [6.45, 7) is 0.203. The quantitative estimate of drug-likeness (QED) is 0.286. The molecular weight excluding hydrogens is 541 g/mol. The number of oxime groups is 1. The maximum absolute atomic E-state index is 14.5. The predicted octanol–water partition coefficient (Wildman–Crippen LogP) is 4.55. The highest BCUT2D eigenvalue weighted by atomic mass is 127. The SMILES string of the molecule is O=S(=O)(Nc1ccc(F)c(F)c1Nc1ccc(I)cc1Cl)N1CCC(=NO)CC1. The summed E-state index contributed by atoms with van der Waals surface area (Å²) in [5.74, 6) is -2.38. The summed E-state index contributed by atoms with van der Waals surface area (Å²) < 4.78 is 58.0. The zero-order valence-electron chi connectivity index (χ0n) is 14.8. The van der Waals surface area contributed by atoms with Crippen molar-refractivity contribution in [2.24, 2.45) is 5.16 Å². The van der Waals surface area contributed by atoms with Gasteiger partial charge in [0, 0.05) is 29.5 Å². The fourth-order valence-corrected chi connectivity index (χ4v) is 4.92. The van der Waals surface area contributed by atoms with Gasteiger partial charge in [0.15, 0.2) is 11.6 Å². The van der Waals surface area contributed by atoms with Crippen LogP contribution in [-0.2, 0) is 10.2 Å². The average molecular weight is 557 g/mol. The van der Waals surface area contributed by atoms with E-state index >= 15 is 0 Å². The zero-order valence-corrected chi connectivity index (χ0v) is 18.5. The van der Waals surface area contributed by atoms with Crippen LogP contribution in [0.15, 0.2) is 35.5 Å². The number of nitrogens with one attached hydrogen (secondary N) is 2. The molecule has 0 bridgehead atoms. The summed E-state index contributed by atoms with van der Waals surface area (Å²) in [6.07, 6.45) is 0.553. The molecule has 1 heterocycles. The molecule has 1 fully saturated rings. The van der Waals surface area contributed by atoms with Crippen molar-refractivity contribution in [3.8, 4) is 0 Å². The molecule has 1 saturated heterocycles. The van der Waals surface area contributed by atoms with E-state index in [2.05, 4.69) is 37.8 Å². The molecule has 3 rings (SSSR count). The molecule has 7 nitrogen and oxygen atoms in total. The Morgan fingerprint density at radius 2 is 1.79 bits per heavy atom. The first-order valence-electron chi connectivity index (χ1n) is 8.39. The minimum atomic E-state index is -4.05. The molecule has 0 aromatic heterocycles. The number of piperidine rings is 1. The lowest BCUT2D eigenvalue weighted by Gasteiger charge is -2.27. The Balaban J connectivity index is 1.90. The van der Waals surface area contributed by atoms with Crippen LogP contribution in [0, 0.1) is 15.2 Å². The molecule has 1 aliphatic rings. The van der Waals surface area contributed by atoms with Crippen LogP contribution in [0.2, 0.25) is 5.02 Å². The monoisotopic (exact) mass is 556 g/mol. The number of halogens is 4. The van der Waals surface area contributed by atoms with Gasteiger partial charge in [0.05, 0.1) is 22.1 Å². The van der Waals surface area contributed by atoms with Crippen LogP contribution in [0.5, 0.6) is 0 Å². The van der Waals surface area contributed by atoms with Crippen molar-refractivity contribution in [2.45, 2.75) is 12.8 Å². The van der Waals surface area contributed by atoms with Crippen molar-refractivity contribution in [1.29, 1.82) is 0 Å². The van der Waals surface area contributed by atoms with Gasteiger partial charge >= 0.3 is 10.2 Å². The molecule has 2 aromatic carbocycles. The van der Waals surface area contributed by atoms with E-state index in [1.165, 1.54) is 0 Å². The summed E-state index contributed by atoms with van der Waals surface area (Å²) in [7, 11) is -4.05. The summed E-state index contributed by atoms with van der Waals surface area (Å²) in [4.78, 5) is 0. The Kier molecular flexibility index (Phi) is 6.81. The third kappa shape index (κ3) is 5.08.